The average molecular weight is 524 g/mol. The molecule has 3 rings (SSSR count). The topological polar surface area (TPSA) is 93.1 Å². The summed E-state index contributed by atoms with van der Waals surface area (Å²) in [6.45, 7) is 2.95. The molecular formula is C21H17BrCl2N4O3. The zero-order valence-corrected chi connectivity index (χ0v) is 19.6. The molecule has 31 heavy (non-hydrogen) atoms. The highest BCUT2D eigenvalue weighted by molar-refractivity contribution is 9.10. The van der Waals surface area contributed by atoms with Crippen molar-refractivity contribution in [3.63, 3.8) is 0 Å². The van der Waals surface area contributed by atoms with Crippen LogP contribution in [0.25, 0.3) is 5.69 Å². The van der Waals surface area contributed by atoms with Gasteiger partial charge in [-0.1, -0.05) is 23.2 Å². The third-order valence-electron chi connectivity index (χ3n) is 4.30. The van der Waals surface area contributed by atoms with E-state index in [2.05, 4.69) is 31.5 Å². The van der Waals surface area contributed by atoms with Crippen molar-refractivity contribution in [2.45, 2.75) is 13.8 Å². The lowest BCUT2D eigenvalue weighted by Gasteiger charge is -2.16. The summed E-state index contributed by atoms with van der Waals surface area (Å²) in [5, 5.41) is 5.86. The van der Waals surface area contributed by atoms with Gasteiger partial charge in [-0.15, -0.1) is 0 Å². The fourth-order valence-electron chi connectivity index (χ4n) is 2.93. The Labute approximate surface area is 196 Å². The standard InChI is InChI=1S/C21H17BrCl2N4O3/c1-11-6-14(23)8-15(20(30)26-9-12(2)29)18(11)27-21(31)17-7-13(22)10-28(17)16-4-3-5-25-19(16)24/h3-8,10H,9H2,1-2H3,(H,26,30)(H,27,31). The maximum Gasteiger partial charge on any atom is 0.272 e. The van der Waals surface area contributed by atoms with E-state index < -0.39 is 11.8 Å². The first-order valence-electron chi connectivity index (χ1n) is 9.05. The Hall–Kier alpha value is -2.68. The molecule has 2 heterocycles. The van der Waals surface area contributed by atoms with Crippen molar-refractivity contribution in [1.29, 1.82) is 0 Å². The van der Waals surface area contributed by atoms with Gasteiger partial charge in [0.25, 0.3) is 11.8 Å². The van der Waals surface area contributed by atoms with Crippen LogP contribution in [0, 0.1) is 6.92 Å². The molecule has 0 fully saturated rings. The Balaban J connectivity index is 1.99. The molecule has 3 aromatic rings. The zero-order valence-electron chi connectivity index (χ0n) is 16.5. The highest BCUT2D eigenvalue weighted by atomic mass is 79.9. The lowest BCUT2D eigenvalue weighted by Crippen LogP contribution is -2.29. The molecule has 0 aliphatic carbocycles. The number of anilines is 1. The Morgan fingerprint density at radius 1 is 1.16 bits per heavy atom. The molecule has 2 N–H and O–H groups in total. The molecule has 0 aliphatic heterocycles. The van der Waals surface area contributed by atoms with E-state index in [1.165, 1.54) is 13.0 Å². The first kappa shape index (κ1) is 23.0. The van der Waals surface area contributed by atoms with Gasteiger partial charge >= 0.3 is 0 Å². The summed E-state index contributed by atoms with van der Waals surface area (Å²) in [5.41, 5.74) is 1.82. The summed E-state index contributed by atoms with van der Waals surface area (Å²) >= 11 is 15.7. The molecule has 160 valence electrons. The first-order chi connectivity index (χ1) is 14.7. The highest BCUT2D eigenvalue weighted by Crippen LogP contribution is 2.28. The second-order valence-corrected chi connectivity index (χ2v) is 8.42. The monoisotopic (exact) mass is 522 g/mol. The van der Waals surface area contributed by atoms with Crippen LogP contribution in [0.1, 0.15) is 33.3 Å². The molecule has 0 saturated heterocycles. The molecule has 0 unspecified atom stereocenters. The van der Waals surface area contributed by atoms with Gasteiger partial charge in [0.1, 0.15) is 11.5 Å². The maximum absolute atomic E-state index is 13.2. The number of hydrogen-bond acceptors (Lipinski definition) is 4. The number of Topliss-reactive ketones (excluding diaryl/α,β-unsaturated/α-hetero) is 1. The summed E-state index contributed by atoms with van der Waals surface area (Å²) in [6.07, 6.45) is 3.24. The quantitative estimate of drug-likeness (QED) is 0.453. The molecule has 1 aromatic carbocycles. The lowest BCUT2D eigenvalue weighted by molar-refractivity contribution is -0.116. The number of amides is 2. The summed E-state index contributed by atoms with van der Waals surface area (Å²) in [4.78, 5) is 41.1. The highest BCUT2D eigenvalue weighted by Gasteiger charge is 2.21. The van der Waals surface area contributed by atoms with Gasteiger partial charge in [0.05, 0.1) is 23.5 Å². The molecule has 0 radical (unpaired) electrons. The molecule has 0 bridgehead atoms. The van der Waals surface area contributed by atoms with Gasteiger partial charge in [-0.2, -0.15) is 0 Å². The number of aromatic nitrogens is 2. The van der Waals surface area contributed by atoms with Gasteiger partial charge in [-0.05, 0) is 65.7 Å². The number of ketones is 1. The number of carbonyl (C=O) groups excluding carboxylic acids is 3. The normalized spacial score (nSPS) is 10.6. The molecule has 2 amide bonds. The molecule has 0 aliphatic rings. The van der Waals surface area contributed by atoms with E-state index in [0.29, 0.717) is 20.7 Å². The summed E-state index contributed by atoms with van der Waals surface area (Å²) in [6, 6.07) is 8.13. The van der Waals surface area contributed by atoms with Crippen molar-refractivity contribution in [3.8, 4) is 5.69 Å². The Kier molecular flexibility index (Phi) is 7.15. The van der Waals surface area contributed by atoms with Crippen LogP contribution in [0.3, 0.4) is 0 Å². The molecule has 10 heteroatoms. The van der Waals surface area contributed by atoms with E-state index in [1.807, 2.05) is 0 Å². The number of rotatable bonds is 6. The van der Waals surface area contributed by atoms with E-state index in [0.717, 1.165) is 0 Å². The van der Waals surface area contributed by atoms with Crippen molar-refractivity contribution in [2.24, 2.45) is 0 Å². The molecule has 7 nitrogen and oxygen atoms in total. The van der Waals surface area contributed by atoms with Crippen LogP contribution < -0.4 is 10.6 Å². The van der Waals surface area contributed by atoms with Crippen molar-refractivity contribution in [2.75, 3.05) is 11.9 Å². The summed E-state index contributed by atoms with van der Waals surface area (Å²) in [5.74, 6) is -1.20. The fourth-order valence-corrected chi connectivity index (χ4v) is 3.83. The maximum atomic E-state index is 13.2. The number of aryl methyl sites for hydroxylation is 1. The fraction of sp³-hybridized carbons (Fsp3) is 0.143. The number of pyridine rings is 1. The van der Waals surface area contributed by atoms with Crippen LogP contribution in [-0.4, -0.2) is 33.7 Å². The van der Waals surface area contributed by atoms with Gasteiger partial charge in [0.15, 0.2) is 5.15 Å². The number of halogens is 3. The van der Waals surface area contributed by atoms with Crippen LogP contribution in [-0.2, 0) is 4.79 Å². The van der Waals surface area contributed by atoms with Crippen molar-refractivity contribution in [3.05, 3.63) is 74.2 Å². The molecular weight excluding hydrogens is 507 g/mol. The minimum Gasteiger partial charge on any atom is -0.345 e. The van der Waals surface area contributed by atoms with E-state index in [9.17, 15) is 14.4 Å². The minimum absolute atomic E-state index is 0.132. The zero-order chi connectivity index (χ0) is 22.7. The minimum atomic E-state index is -0.525. The van der Waals surface area contributed by atoms with E-state index in [1.54, 1.807) is 48.1 Å². The molecule has 2 aromatic heterocycles. The predicted molar refractivity (Wildman–Crippen MR) is 123 cm³/mol. The third kappa shape index (κ3) is 5.33. The van der Waals surface area contributed by atoms with Crippen LogP contribution in [0.2, 0.25) is 10.2 Å². The SMILES string of the molecule is CC(=O)CNC(=O)c1cc(Cl)cc(C)c1NC(=O)c1cc(Br)cn1-c1cccnc1Cl. The van der Waals surface area contributed by atoms with E-state index in [4.69, 9.17) is 23.2 Å². The van der Waals surface area contributed by atoms with Gasteiger partial charge in [0.2, 0.25) is 0 Å². The molecule has 0 spiro atoms. The Morgan fingerprint density at radius 2 is 1.90 bits per heavy atom. The number of nitrogens with zero attached hydrogens (tertiary/aromatic N) is 2. The largest absolute Gasteiger partial charge is 0.345 e. The second kappa shape index (κ2) is 9.64. The van der Waals surface area contributed by atoms with E-state index in [-0.39, 0.29) is 34.4 Å². The number of carbonyl (C=O) groups is 3. The number of hydrogen-bond donors (Lipinski definition) is 2. The average Bonchev–Trinajstić information content (AvgIpc) is 3.09. The Bertz CT molecular complexity index is 1190. The van der Waals surface area contributed by atoms with Crippen molar-refractivity contribution in [1.82, 2.24) is 14.9 Å². The van der Waals surface area contributed by atoms with Crippen LogP contribution in [0.5, 0.6) is 0 Å². The summed E-state index contributed by atoms with van der Waals surface area (Å²) in [7, 11) is 0. The smallest absolute Gasteiger partial charge is 0.272 e. The third-order valence-corrected chi connectivity index (χ3v) is 5.24. The number of benzene rings is 1. The van der Waals surface area contributed by atoms with Crippen LogP contribution in [0.15, 0.2) is 47.2 Å². The number of nitrogens with one attached hydrogen (secondary N) is 2. The lowest BCUT2D eigenvalue weighted by atomic mass is 10.1. The first-order valence-corrected chi connectivity index (χ1v) is 10.6. The van der Waals surface area contributed by atoms with Crippen LogP contribution in [0.4, 0.5) is 5.69 Å². The summed E-state index contributed by atoms with van der Waals surface area (Å²) < 4.78 is 2.25. The van der Waals surface area contributed by atoms with Gasteiger partial charge in [-0.3, -0.25) is 14.4 Å². The Morgan fingerprint density at radius 3 is 2.58 bits per heavy atom. The van der Waals surface area contributed by atoms with Crippen molar-refractivity contribution < 1.29 is 14.4 Å². The molecule has 0 atom stereocenters. The molecule has 0 saturated carbocycles. The predicted octanol–water partition coefficient (Wildman–Crippen LogP) is 4.82. The van der Waals surface area contributed by atoms with Gasteiger partial charge < -0.3 is 15.2 Å². The van der Waals surface area contributed by atoms with Gasteiger partial charge in [-0.25, -0.2) is 4.98 Å². The van der Waals surface area contributed by atoms with Crippen LogP contribution >= 0.6 is 39.1 Å². The van der Waals surface area contributed by atoms with Gasteiger partial charge in [0, 0.05) is 21.9 Å². The second-order valence-electron chi connectivity index (χ2n) is 6.71. The van der Waals surface area contributed by atoms with Crippen molar-refractivity contribution >= 4 is 62.4 Å². The van der Waals surface area contributed by atoms with E-state index >= 15 is 0 Å².